The number of ether oxygens (including phenoxy) is 2. The second kappa shape index (κ2) is 7.47. The summed E-state index contributed by atoms with van der Waals surface area (Å²) in [5.74, 6) is -0.417. The molecule has 21 heavy (non-hydrogen) atoms. The van der Waals surface area contributed by atoms with Crippen molar-refractivity contribution in [3.8, 4) is 0 Å². The lowest BCUT2D eigenvalue weighted by atomic mass is 10.1. The molecule has 5 nitrogen and oxygen atoms in total. The van der Waals surface area contributed by atoms with E-state index in [9.17, 15) is 9.59 Å². The average Bonchev–Trinajstić information content (AvgIpc) is 2.54. The van der Waals surface area contributed by atoms with Gasteiger partial charge in [-0.1, -0.05) is 36.9 Å². The van der Waals surface area contributed by atoms with Crippen molar-refractivity contribution < 1.29 is 19.1 Å². The number of amides is 1. The van der Waals surface area contributed by atoms with Crippen LogP contribution >= 0.6 is 0 Å². The number of carbonyl (C=O) groups is 2. The molecule has 0 bridgehead atoms. The van der Waals surface area contributed by atoms with Crippen molar-refractivity contribution in [2.24, 2.45) is 0 Å². The van der Waals surface area contributed by atoms with E-state index in [0.717, 1.165) is 11.6 Å². The van der Waals surface area contributed by atoms with Crippen molar-refractivity contribution in [2.45, 2.75) is 25.6 Å². The van der Waals surface area contributed by atoms with Crippen molar-refractivity contribution in [2.75, 3.05) is 13.1 Å². The van der Waals surface area contributed by atoms with Gasteiger partial charge in [0.1, 0.15) is 12.7 Å². The van der Waals surface area contributed by atoms with Crippen LogP contribution in [0, 0.1) is 0 Å². The van der Waals surface area contributed by atoms with Crippen LogP contribution in [-0.2, 0) is 20.9 Å². The summed E-state index contributed by atoms with van der Waals surface area (Å²) in [4.78, 5) is 24.7. The Morgan fingerprint density at radius 3 is 2.52 bits per heavy atom. The third-order valence-electron chi connectivity index (χ3n) is 3.35. The Bertz CT molecular complexity index is 492. The van der Waals surface area contributed by atoms with Crippen LogP contribution in [0.5, 0.6) is 0 Å². The summed E-state index contributed by atoms with van der Waals surface area (Å²) < 4.78 is 10.4. The molecule has 1 heterocycles. The normalized spacial score (nSPS) is 15.3. The van der Waals surface area contributed by atoms with Crippen LogP contribution in [0.1, 0.15) is 18.4 Å². The van der Waals surface area contributed by atoms with Gasteiger partial charge in [0.2, 0.25) is 0 Å². The van der Waals surface area contributed by atoms with Crippen molar-refractivity contribution in [3.63, 3.8) is 0 Å². The van der Waals surface area contributed by atoms with Crippen LogP contribution in [0.15, 0.2) is 43.0 Å². The molecule has 1 fully saturated rings. The minimum atomic E-state index is -0.417. The van der Waals surface area contributed by atoms with Gasteiger partial charge in [0.05, 0.1) is 0 Å². The molecule has 0 aliphatic carbocycles. The molecule has 0 radical (unpaired) electrons. The van der Waals surface area contributed by atoms with Gasteiger partial charge in [-0.2, -0.15) is 0 Å². The van der Waals surface area contributed by atoms with E-state index in [1.165, 1.54) is 0 Å². The molecule has 0 saturated carbocycles. The third-order valence-corrected chi connectivity index (χ3v) is 3.35. The Morgan fingerprint density at radius 1 is 1.24 bits per heavy atom. The Balaban J connectivity index is 1.73. The SMILES string of the molecule is C=CC(=O)OC1CCN(C(=O)OCc2ccccc2)CC1. The highest BCUT2D eigenvalue weighted by atomic mass is 16.6. The van der Waals surface area contributed by atoms with E-state index in [1.807, 2.05) is 30.3 Å². The van der Waals surface area contributed by atoms with Crippen molar-refractivity contribution in [3.05, 3.63) is 48.6 Å². The largest absolute Gasteiger partial charge is 0.459 e. The zero-order valence-electron chi connectivity index (χ0n) is 11.9. The Morgan fingerprint density at radius 2 is 1.90 bits per heavy atom. The number of hydrogen-bond acceptors (Lipinski definition) is 4. The highest BCUT2D eigenvalue weighted by Gasteiger charge is 2.25. The zero-order chi connectivity index (χ0) is 15.1. The molecule has 1 aromatic rings. The molecule has 2 rings (SSSR count). The molecule has 5 heteroatoms. The lowest BCUT2D eigenvalue weighted by Crippen LogP contribution is -2.41. The van der Waals surface area contributed by atoms with Gasteiger partial charge in [0.25, 0.3) is 0 Å². The molecule has 1 amide bonds. The van der Waals surface area contributed by atoms with Gasteiger partial charge in [-0.05, 0) is 5.56 Å². The van der Waals surface area contributed by atoms with Crippen LogP contribution < -0.4 is 0 Å². The van der Waals surface area contributed by atoms with E-state index < -0.39 is 5.97 Å². The highest BCUT2D eigenvalue weighted by molar-refractivity contribution is 5.81. The zero-order valence-corrected chi connectivity index (χ0v) is 11.9. The standard InChI is InChI=1S/C16H19NO4/c1-2-15(18)21-14-8-10-17(11-9-14)16(19)20-12-13-6-4-3-5-7-13/h2-7,14H,1,8-12H2. The topological polar surface area (TPSA) is 55.8 Å². The molecule has 0 unspecified atom stereocenters. The monoisotopic (exact) mass is 289 g/mol. The van der Waals surface area contributed by atoms with Crippen molar-refractivity contribution >= 4 is 12.1 Å². The summed E-state index contributed by atoms with van der Waals surface area (Å²) in [6.07, 6.45) is 1.93. The smallest absolute Gasteiger partial charge is 0.410 e. The fraction of sp³-hybridized carbons (Fsp3) is 0.375. The molecule has 1 aromatic carbocycles. The third kappa shape index (κ3) is 4.63. The van der Waals surface area contributed by atoms with Crippen LogP contribution in [0.4, 0.5) is 4.79 Å². The van der Waals surface area contributed by atoms with Gasteiger partial charge in [0, 0.05) is 32.0 Å². The van der Waals surface area contributed by atoms with E-state index in [1.54, 1.807) is 4.90 Å². The first-order valence-corrected chi connectivity index (χ1v) is 6.97. The Hall–Kier alpha value is -2.30. The summed E-state index contributed by atoms with van der Waals surface area (Å²) in [5, 5.41) is 0. The predicted octanol–water partition coefficient (Wildman–Crippen LogP) is 2.52. The summed E-state index contributed by atoms with van der Waals surface area (Å²) in [7, 11) is 0. The summed E-state index contributed by atoms with van der Waals surface area (Å²) in [5.41, 5.74) is 0.959. The number of carbonyl (C=O) groups excluding carboxylic acids is 2. The maximum absolute atomic E-state index is 11.9. The van der Waals surface area contributed by atoms with Crippen molar-refractivity contribution in [1.29, 1.82) is 0 Å². The molecule has 0 N–H and O–H groups in total. The fourth-order valence-corrected chi connectivity index (χ4v) is 2.18. The second-order valence-corrected chi connectivity index (χ2v) is 4.87. The van der Waals surface area contributed by atoms with Crippen LogP contribution in [0.2, 0.25) is 0 Å². The van der Waals surface area contributed by atoms with E-state index in [0.29, 0.717) is 25.9 Å². The summed E-state index contributed by atoms with van der Waals surface area (Å²) >= 11 is 0. The molecule has 1 aliphatic heterocycles. The molecule has 1 aliphatic rings. The maximum Gasteiger partial charge on any atom is 0.410 e. The summed E-state index contributed by atoms with van der Waals surface area (Å²) in [6, 6.07) is 9.55. The Kier molecular flexibility index (Phi) is 5.37. The quantitative estimate of drug-likeness (QED) is 0.631. The van der Waals surface area contributed by atoms with Crippen LogP contribution in [0.3, 0.4) is 0 Å². The molecule has 112 valence electrons. The fourth-order valence-electron chi connectivity index (χ4n) is 2.18. The van der Waals surface area contributed by atoms with Gasteiger partial charge in [0.15, 0.2) is 0 Å². The first-order chi connectivity index (χ1) is 10.2. The van der Waals surface area contributed by atoms with Gasteiger partial charge in [-0.25, -0.2) is 9.59 Å². The Labute approximate surface area is 124 Å². The van der Waals surface area contributed by atoms with E-state index in [2.05, 4.69) is 6.58 Å². The van der Waals surface area contributed by atoms with Gasteiger partial charge in [-0.15, -0.1) is 0 Å². The first kappa shape index (κ1) is 15.1. The van der Waals surface area contributed by atoms with E-state index in [-0.39, 0.29) is 18.8 Å². The number of benzene rings is 1. The minimum absolute atomic E-state index is 0.145. The van der Waals surface area contributed by atoms with Crippen LogP contribution in [-0.4, -0.2) is 36.2 Å². The minimum Gasteiger partial charge on any atom is -0.459 e. The maximum atomic E-state index is 11.9. The molecule has 1 saturated heterocycles. The number of hydrogen-bond donors (Lipinski definition) is 0. The number of nitrogens with zero attached hydrogens (tertiary/aromatic N) is 1. The molecule has 0 spiro atoms. The molecule has 0 aromatic heterocycles. The van der Waals surface area contributed by atoms with Gasteiger partial charge >= 0.3 is 12.1 Å². The van der Waals surface area contributed by atoms with Crippen LogP contribution in [0.25, 0.3) is 0 Å². The van der Waals surface area contributed by atoms with E-state index in [4.69, 9.17) is 9.47 Å². The van der Waals surface area contributed by atoms with Crippen molar-refractivity contribution in [1.82, 2.24) is 4.90 Å². The molecule has 0 atom stereocenters. The second-order valence-electron chi connectivity index (χ2n) is 4.87. The number of piperidine rings is 1. The molecular formula is C16H19NO4. The number of rotatable bonds is 4. The average molecular weight is 289 g/mol. The first-order valence-electron chi connectivity index (χ1n) is 6.97. The van der Waals surface area contributed by atoms with E-state index >= 15 is 0 Å². The van der Waals surface area contributed by atoms with Gasteiger partial charge in [-0.3, -0.25) is 0 Å². The number of esters is 1. The lowest BCUT2D eigenvalue weighted by Gasteiger charge is -2.30. The van der Waals surface area contributed by atoms with Gasteiger partial charge < -0.3 is 14.4 Å². The number of likely N-dealkylation sites (tertiary alicyclic amines) is 1. The lowest BCUT2D eigenvalue weighted by molar-refractivity contribution is -0.144. The predicted molar refractivity (Wildman–Crippen MR) is 77.5 cm³/mol. The highest BCUT2D eigenvalue weighted by Crippen LogP contribution is 2.15. The summed E-state index contributed by atoms with van der Waals surface area (Å²) in [6.45, 7) is 4.69. The molecular weight excluding hydrogens is 270 g/mol.